The van der Waals surface area contributed by atoms with Crippen molar-refractivity contribution in [3.8, 4) is 0 Å². The molecule has 32 heavy (non-hydrogen) atoms. The van der Waals surface area contributed by atoms with Crippen LogP contribution in [0.25, 0.3) is 0 Å². The van der Waals surface area contributed by atoms with Gasteiger partial charge in [-0.3, -0.25) is 4.79 Å². The molecule has 2 aromatic rings. The van der Waals surface area contributed by atoms with Crippen LogP contribution in [-0.2, 0) is 11.2 Å². The van der Waals surface area contributed by atoms with E-state index in [2.05, 4.69) is 46.3 Å². The molecule has 1 aromatic heterocycles. The Kier molecular flexibility index (Phi) is 7.77. The lowest BCUT2D eigenvalue weighted by molar-refractivity contribution is -0.00160. The predicted molar refractivity (Wildman–Crippen MR) is 133 cm³/mol. The number of fused-ring (bicyclic) bond motifs is 1. The monoisotopic (exact) mass is 455 g/mol. The minimum Gasteiger partial charge on any atom is -0.376 e. The van der Waals surface area contributed by atoms with Crippen LogP contribution in [0.2, 0.25) is 0 Å². The molecule has 1 aliphatic carbocycles. The van der Waals surface area contributed by atoms with Crippen molar-refractivity contribution >= 4 is 12.1 Å². The van der Waals surface area contributed by atoms with Crippen LogP contribution in [0.4, 0.5) is 0 Å². The minimum absolute atomic E-state index is 0.0210. The summed E-state index contributed by atoms with van der Waals surface area (Å²) in [7, 11) is 4.06. The van der Waals surface area contributed by atoms with Gasteiger partial charge in [-0.1, -0.05) is 30.3 Å². The molecule has 174 valence electrons. The summed E-state index contributed by atoms with van der Waals surface area (Å²) in [5.74, 6) is 0.641. The normalized spacial score (nSPS) is 25.7. The fourth-order valence-electron chi connectivity index (χ4n) is 5.26. The van der Waals surface area contributed by atoms with Gasteiger partial charge in [0.1, 0.15) is 0 Å². The molecule has 1 N–H and O–H groups in total. The lowest BCUT2D eigenvalue weighted by atomic mass is 9.81. The van der Waals surface area contributed by atoms with E-state index >= 15 is 0 Å². The van der Waals surface area contributed by atoms with Crippen LogP contribution in [0.15, 0.2) is 41.2 Å². The first-order valence-corrected chi connectivity index (χ1v) is 12.7. The first-order valence-electron chi connectivity index (χ1n) is 11.9. The number of aromatic nitrogens is 1. The minimum atomic E-state index is 0.0210. The van der Waals surface area contributed by atoms with Gasteiger partial charge in [-0.2, -0.15) is 0 Å². The topological polar surface area (TPSA) is 46.5 Å². The Morgan fingerprint density at radius 1 is 1.03 bits per heavy atom. The highest BCUT2D eigenvalue weighted by Gasteiger charge is 2.32. The molecule has 0 amide bonds. The van der Waals surface area contributed by atoms with Crippen LogP contribution in [-0.4, -0.2) is 41.7 Å². The zero-order valence-electron chi connectivity index (χ0n) is 19.8. The second-order valence-corrected chi connectivity index (χ2v) is 10.7. The summed E-state index contributed by atoms with van der Waals surface area (Å²) in [5.41, 5.74) is 4.96. The molecule has 2 heterocycles. The zero-order chi connectivity index (χ0) is 22.7. The standard InChI is InChI=1S/C26H37N3O2S/c1-18-7-5-6-8-23(18)20-10-14-22(15-11-20)31-17-25-24(27-32-28(3)4)16-13-21-12-9-19(2)26(30)29(21)25/h5-9,12,20,22,24-25,27H,10-11,13-17H2,1-4H3. The Balaban J connectivity index is 1.43. The Bertz CT molecular complexity index is 966. The molecular formula is C26H37N3O2S. The summed E-state index contributed by atoms with van der Waals surface area (Å²) in [5, 5.41) is 0. The maximum Gasteiger partial charge on any atom is 0.254 e. The average Bonchev–Trinajstić information content (AvgIpc) is 2.79. The Morgan fingerprint density at radius 2 is 1.78 bits per heavy atom. The van der Waals surface area contributed by atoms with Gasteiger partial charge in [0.25, 0.3) is 5.56 Å². The Morgan fingerprint density at radius 3 is 2.50 bits per heavy atom. The summed E-state index contributed by atoms with van der Waals surface area (Å²) < 4.78 is 14.1. The van der Waals surface area contributed by atoms with Crippen molar-refractivity contribution < 1.29 is 4.74 Å². The second kappa shape index (κ2) is 10.6. The van der Waals surface area contributed by atoms with E-state index in [-0.39, 0.29) is 23.7 Å². The molecule has 2 aliphatic rings. The number of hydrogen-bond donors (Lipinski definition) is 1. The van der Waals surface area contributed by atoms with Gasteiger partial charge in [-0.15, -0.1) is 0 Å². The number of hydrogen-bond acceptors (Lipinski definition) is 5. The molecule has 0 spiro atoms. The van der Waals surface area contributed by atoms with Gasteiger partial charge in [-0.05, 0) is 89.6 Å². The number of pyridine rings is 1. The van der Waals surface area contributed by atoms with Crippen molar-refractivity contribution in [3.05, 3.63) is 69.1 Å². The summed E-state index contributed by atoms with van der Waals surface area (Å²) >= 11 is 1.60. The fourth-order valence-corrected chi connectivity index (χ4v) is 5.88. The third-order valence-electron chi connectivity index (χ3n) is 7.09. The van der Waals surface area contributed by atoms with Crippen LogP contribution in [0.1, 0.15) is 66.4 Å². The number of ether oxygens (including phenoxy) is 1. The van der Waals surface area contributed by atoms with Crippen LogP contribution in [0.3, 0.4) is 0 Å². The van der Waals surface area contributed by atoms with E-state index in [1.807, 2.05) is 31.7 Å². The summed E-state index contributed by atoms with van der Waals surface area (Å²) in [6.07, 6.45) is 6.74. The smallest absolute Gasteiger partial charge is 0.254 e. The first-order chi connectivity index (χ1) is 15.4. The van der Waals surface area contributed by atoms with E-state index in [0.717, 1.165) is 36.9 Å². The maximum absolute atomic E-state index is 13.1. The third kappa shape index (κ3) is 5.30. The van der Waals surface area contributed by atoms with Crippen LogP contribution in [0, 0.1) is 13.8 Å². The SMILES string of the molecule is Cc1ccccc1C1CCC(OCC2C(NSN(C)C)CCc3ccc(C)c(=O)n32)CC1. The van der Waals surface area contributed by atoms with Gasteiger partial charge in [0.15, 0.2) is 0 Å². The van der Waals surface area contributed by atoms with E-state index < -0.39 is 0 Å². The van der Waals surface area contributed by atoms with Crippen molar-refractivity contribution in [1.29, 1.82) is 0 Å². The third-order valence-corrected chi connectivity index (χ3v) is 7.86. The van der Waals surface area contributed by atoms with Crippen molar-refractivity contribution in [2.24, 2.45) is 0 Å². The van der Waals surface area contributed by atoms with Gasteiger partial charge in [0.05, 0.1) is 18.8 Å². The number of aryl methyl sites for hydroxylation is 3. The first kappa shape index (κ1) is 23.6. The average molecular weight is 456 g/mol. The molecule has 0 bridgehead atoms. The molecule has 5 nitrogen and oxygen atoms in total. The van der Waals surface area contributed by atoms with Crippen molar-refractivity contribution in [1.82, 2.24) is 13.6 Å². The van der Waals surface area contributed by atoms with Crippen molar-refractivity contribution in [2.75, 3.05) is 20.7 Å². The fraction of sp³-hybridized carbons (Fsp3) is 0.577. The molecule has 2 atom stereocenters. The lowest BCUT2D eigenvalue weighted by Gasteiger charge is -2.37. The molecule has 1 fully saturated rings. The molecule has 4 rings (SSSR count). The van der Waals surface area contributed by atoms with E-state index in [0.29, 0.717) is 12.5 Å². The molecule has 2 unspecified atom stereocenters. The Hall–Kier alpha value is -1.60. The van der Waals surface area contributed by atoms with Gasteiger partial charge >= 0.3 is 0 Å². The lowest BCUT2D eigenvalue weighted by Crippen LogP contribution is -2.47. The van der Waals surface area contributed by atoms with Crippen molar-refractivity contribution in [3.63, 3.8) is 0 Å². The summed E-state index contributed by atoms with van der Waals surface area (Å²) in [4.78, 5) is 13.1. The van der Waals surface area contributed by atoms with Crippen LogP contribution in [0.5, 0.6) is 0 Å². The van der Waals surface area contributed by atoms with E-state index in [9.17, 15) is 4.79 Å². The summed E-state index contributed by atoms with van der Waals surface area (Å²) in [6.45, 7) is 4.71. The highest BCUT2D eigenvalue weighted by atomic mass is 32.2. The molecule has 0 saturated heterocycles. The maximum atomic E-state index is 13.1. The molecule has 0 radical (unpaired) electrons. The zero-order valence-corrected chi connectivity index (χ0v) is 20.7. The molecule has 1 aliphatic heterocycles. The number of benzene rings is 1. The second-order valence-electron chi connectivity index (χ2n) is 9.58. The van der Waals surface area contributed by atoms with Gasteiger partial charge in [-0.25, -0.2) is 9.03 Å². The largest absolute Gasteiger partial charge is 0.376 e. The highest BCUT2D eigenvalue weighted by Crippen LogP contribution is 2.36. The van der Waals surface area contributed by atoms with Crippen LogP contribution >= 0.6 is 12.1 Å². The molecular weight excluding hydrogens is 418 g/mol. The van der Waals surface area contributed by atoms with Crippen LogP contribution < -0.4 is 10.3 Å². The number of rotatable bonds is 7. The molecule has 6 heteroatoms. The quantitative estimate of drug-likeness (QED) is 0.609. The summed E-state index contributed by atoms with van der Waals surface area (Å²) in [6, 6.07) is 13.1. The van der Waals surface area contributed by atoms with E-state index in [1.54, 1.807) is 12.1 Å². The highest BCUT2D eigenvalue weighted by molar-refractivity contribution is 7.95. The number of nitrogens with zero attached hydrogens (tertiary/aromatic N) is 2. The molecule has 1 saturated carbocycles. The number of nitrogens with one attached hydrogen (secondary N) is 1. The van der Waals surface area contributed by atoms with Crippen molar-refractivity contribution in [2.45, 2.75) is 76.5 Å². The van der Waals surface area contributed by atoms with E-state index in [1.165, 1.54) is 24.0 Å². The molecule has 1 aromatic carbocycles. The van der Waals surface area contributed by atoms with Gasteiger partial charge in [0, 0.05) is 29.4 Å². The Labute approximate surface area is 196 Å². The van der Waals surface area contributed by atoms with Gasteiger partial charge in [0.2, 0.25) is 0 Å². The predicted octanol–water partition coefficient (Wildman–Crippen LogP) is 4.78. The van der Waals surface area contributed by atoms with E-state index in [4.69, 9.17) is 4.74 Å². The van der Waals surface area contributed by atoms with Gasteiger partial charge < -0.3 is 9.30 Å².